The first-order valence-electron chi connectivity index (χ1n) is 6.83. The molecule has 1 aromatic rings. The van der Waals surface area contributed by atoms with Crippen molar-refractivity contribution in [3.8, 4) is 0 Å². The van der Waals surface area contributed by atoms with E-state index in [2.05, 4.69) is 27.9 Å². The number of amides is 1. The van der Waals surface area contributed by atoms with E-state index in [0.717, 1.165) is 41.2 Å². The summed E-state index contributed by atoms with van der Waals surface area (Å²) in [4.78, 5) is 12.3. The molecule has 1 aliphatic rings. The highest BCUT2D eigenvalue weighted by Gasteiger charge is 2.24. The Hall–Kier alpha value is -0.620. The van der Waals surface area contributed by atoms with Crippen LogP contribution in [-0.4, -0.2) is 23.2 Å². The second-order valence-electron chi connectivity index (χ2n) is 5.22. The van der Waals surface area contributed by atoms with Gasteiger partial charge in [0.15, 0.2) is 0 Å². The third kappa shape index (κ3) is 3.69. The molecule has 2 N–H and O–H groups in total. The topological polar surface area (TPSA) is 49.3 Å². The Bertz CT molecular complexity index is 461. The highest BCUT2D eigenvalue weighted by molar-refractivity contribution is 14.1. The molecular weight excluding hydrogens is 353 g/mol. The standard InChI is InChI=1S/C15H20INO2/c1-10-6-5-7-11(14(10)16)15(19)17-12-8-3-2-4-9-13(12)18/h5-7,12-13,18H,2-4,8-9H2,1H3,(H,17,19). The molecule has 0 aliphatic heterocycles. The van der Waals surface area contributed by atoms with Crippen molar-refractivity contribution < 1.29 is 9.90 Å². The number of aliphatic hydroxyl groups is 1. The normalized spacial score (nSPS) is 23.7. The number of hydrogen-bond donors (Lipinski definition) is 2. The lowest BCUT2D eigenvalue weighted by Crippen LogP contribution is -2.42. The maximum atomic E-state index is 12.3. The summed E-state index contributed by atoms with van der Waals surface area (Å²) >= 11 is 2.20. The SMILES string of the molecule is Cc1cccc(C(=O)NC2CCCCCC2O)c1I. The van der Waals surface area contributed by atoms with Crippen molar-refractivity contribution in [1.82, 2.24) is 5.32 Å². The largest absolute Gasteiger partial charge is 0.391 e. The Balaban J connectivity index is 2.09. The van der Waals surface area contributed by atoms with Crippen molar-refractivity contribution in [2.45, 2.75) is 51.2 Å². The van der Waals surface area contributed by atoms with Crippen molar-refractivity contribution >= 4 is 28.5 Å². The van der Waals surface area contributed by atoms with E-state index in [9.17, 15) is 9.90 Å². The van der Waals surface area contributed by atoms with Gasteiger partial charge in [0.1, 0.15) is 0 Å². The first-order valence-corrected chi connectivity index (χ1v) is 7.91. The number of benzene rings is 1. The van der Waals surface area contributed by atoms with Gasteiger partial charge in [0.2, 0.25) is 0 Å². The van der Waals surface area contributed by atoms with Gasteiger partial charge in [0.05, 0.1) is 17.7 Å². The van der Waals surface area contributed by atoms with Gasteiger partial charge in [-0.25, -0.2) is 0 Å². The van der Waals surface area contributed by atoms with Crippen LogP contribution in [0.2, 0.25) is 0 Å². The number of rotatable bonds is 2. The Kier molecular flexibility index (Phi) is 5.21. The molecule has 19 heavy (non-hydrogen) atoms. The molecule has 4 heteroatoms. The van der Waals surface area contributed by atoms with Crippen LogP contribution in [0.1, 0.15) is 48.0 Å². The van der Waals surface area contributed by atoms with Crippen molar-refractivity contribution in [2.75, 3.05) is 0 Å². The minimum absolute atomic E-state index is 0.0703. The minimum Gasteiger partial charge on any atom is -0.391 e. The Morgan fingerprint density at radius 1 is 1.32 bits per heavy atom. The molecule has 0 aromatic heterocycles. The highest BCUT2D eigenvalue weighted by atomic mass is 127. The molecule has 2 unspecified atom stereocenters. The van der Waals surface area contributed by atoms with Gasteiger partial charge in [-0.15, -0.1) is 0 Å². The number of carbonyl (C=O) groups is 1. The second-order valence-corrected chi connectivity index (χ2v) is 6.30. The average molecular weight is 373 g/mol. The molecule has 2 rings (SSSR count). The number of halogens is 1. The van der Waals surface area contributed by atoms with E-state index < -0.39 is 6.10 Å². The van der Waals surface area contributed by atoms with Gasteiger partial charge in [0, 0.05) is 3.57 Å². The van der Waals surface area contributed by atoms with Crippen LogP contribution in [-0.2, 0) is 0 Å². The number of hydrogen-bond acceptors (Lipinski definition) is 2. The maximum Gasteiger partial charge on any atom is 0.252 e. The summed E-state index contributed by atoms with van der Waals surface area (Å²) in [7, 11) is 0. The molecule has 0 radical (unpaired) electrons. The quantitative estimate of drug-likeness (QED) is 0.619. The van der Waals surface area contributed by atoms with Crippen LogP contribution in [0.25, 0.3) is 0 Å². The summed E-state index contributed by atoms with van der Waals surface area (Å²) in [5, 5.41) is 13.1. The highest BCUT2D eigenvalue weighted by Crippen LogP contribution is 2.20. The number of nitrogens with one attached hydrogen (secondary N) is 1. The predicted molar refractivity (Wildman–Crippen MR) is 84.2 cm³/mol. The number of aliphatic hydroxyl groups excluding tert-OH is 1. The molecule has 1 aromatic carbocycles. The van der Waals surface area contributed by atoms with Crippen LogP contribution in [0.5, 0.6) is 0 Å². The molecule has 1 fully saturated rings. The van der Waals surface area contributed by atoms with E-state index in [0.29, 0.717) is 5.56 Å². The van der Waals surface area contributed by atoms with Gasteiger partial charge in [-0.1, -0.05) is 31.4 Å². The van der Waals surface area contributed by atoms with Crippen LogP contribution < -0.4 is 5.32 Å². The fourth-order valence-electron chi connectivity index (χ4n) is 2.53. The zero-order valence-electron chi connectivity index (χ0n) is 11.2. The lowest BCUT2D eigenvalue weighted by atomic mass is 10.0. The van der Waals surface area contributed by atoms with Gasteiger partial charge >= 0.3 is 0 Å². The zero-order valence-corrected chi connectivity index (χ0v) is 13.3. The molecule has 0 heterocycles. The van der Waals surface area contributed by atoms with E-state index in [1.54, 1.807) is 0 Å². The molecule has 1 saturated carbocycles. The molecule has 104 valence electrons. The van der Waals surface area contributed by atoms with Crippen LogP contribution >= 0.6 is 22.6 Å². The van der Waals surface area contributed by atoms with Gasteiger partial charge < -0.3 is 10.4 Å². The van der Waals surface area contributed by atoms with Crippen molar-refractivity contribution in [1.29, 1.82) is 0 Å². The Morgan fingerprint density at radius 2 is 2.05 bits per heavy atom. The summed E-state index contributed by atoms with van der Waals surface area (Å²) in [6.07, 6.45) is 4.52. The van der Waals surface area contributed by atoms with E-state index in [4.69, 9.17) is 0 Å². The maximum absolute atomic E-state index is 12.3. The minimum atomic E-state index is -0.408. The molecule has 1 aliphatic carbocycles. The van der Waals surface area contributed by atoms with Gasteiger partial charge in [-0.2, -0.15) is 0 Å². The van der Waals surface area contributed by atoms with Crippen LogP contribution in [0.4, 0.5) is 0 Å². The third-order valence-electron chi connectivity index (χ3n) is 3.73. The van der Waals surface area contributed by atoms with E-state index >= 15 is 0 Å². The Morgan fingerprint density at radius 3 is 2.84 bits per heavy atom. The summed E-state index contributed by atoms with van der Waals surface area (Å²) in [5.41, 5.74) is 1.81. The first-order chi connectivity index (χ1) is 9.09. The molecule has 3 nitrogen and oxygen atoms in total. The smallest absolute Gasteiger partial charge is 0.252 e. The Labute approximate surface area is 127 Å². The molecular formula is C15H20INO2. The molecule has 0 spiro atoms. The summed E-state index contributed by atoms with van der Waals surface area (Å²) in [6, 6.07) is 5.63. The molecule has 0 bridgehead atoms. The predicted octanol–water partition coefficient (Wildman–Crippen LogP) is 3.02. The molecule has 0 saturated heterocycles. The fraction of sp³-hybridized carbons (Fsp3) is 0.533. The summed E-state index contributed by atoms with van der Waals surface area (Å²) in [6.45, 7) is 2.00. The van der Waals surface area contributed by atoms with E-state index in [1.807, 2.05) is 25.1 Å². The summed E-state index contributed by atoms with van der Waals surface area (Å²) in [5.74, 6) is -0.0703. The average Bonchev–Trinajstić information content (AvgIpc) is 2.58. The lowest BCUT2D eigenvalue weighted by molar-refractivity contribution is 0.0818. The fourth-order valence-corrected chi connectivity index (χ4v) is 3.13. The van der Waals surface area contributed by atoms with Crippen molar-refractivity contribution in [3.63, 3.8) is 0 Å². The van der Waals surface area contributed by atoms with Crippen molar-refractivity contribution in [2.24, 2.45) is 0 Å². The van der Waals surface area contributed by atoms with Crippen LogP contribution in [0.3, 0.4) is 0 Å². The van der Waals surface area contributed by atoms with Gasteiger partial charge in [-0.05, 0) is 54.0 Å². The molecule has 2 atom stereocenters. The van der Waals surface area contributed by atoms with Gasteiger partial charge in [0.25, 0.3) is 5.91 Å². The van der Waals surface area contributed by atoms with E-state index in [-0.39, 0.29) is 11.9 Å². The summed E-state index contributed by atoms with van der Waals surface area (Å²) < 4.78 is 0.987. The number of aryl methyl sites for hydroxylation is 1. The number of carbonyl (C=O) groups excluding carboxylic acids is 1. The van der Waals surface area contributed by atoms with E-state index in [1.165, 1.54) is 0 Å². The van der Waals surface area contributed by atoms with Crippen LogP contribution in [0, 0.1) is 10.5 Å². The lowest BCUT2D eigenvalue weighted by Gasteiger charge is -2.22. The monoisotopic (exact) mass is 373 g/mol. The second kappa shape index (κ2) is 6.70. The first kappa shape index (κ1) is 14.8. The van der Waals surface area contributed by atoms with Crippen LogP contribution in [0.15, 0.2) is 18.2 Å². The van der Waals surface area contributed by atoms with Crippen molar-refractivity contribution in [3.05, 3.63) is 32.9 Å². The van der Waals surface area contributed by atoms with Gasteiger partial charge in [-0.3, -0.25) is 4.79 Å². The zero-order chi connectivity index (χ0) is 13.8. The third-order valence-corrected chi connectivity index (χ3v) is 5.16. The molecule has 1 amide bonds.